The Labute approximate surface area is 193 Å². The van der Waals surface area contributed by atoms with Crippen molar-refractivity contribution in [1.29, 1.82) is 0 Å². The van der Waals surface area contributed by atoms with Gasteiger partial charge in [-0.1, -0.05) is 48.0 Å². The number of hydrogen-bond donors (Lipinski definition) is 1. The van der Waals surface area contributed by atoms with Crippen molar-refractivity contribution in [3.05, 3.63) is 0 Å². The zero-order chi connectivity index (χ0) is 20.0. The maximum absolute atomic E-state index is 12.4. The fourth-order valence-corrected chi connectivity index (χ4v) is 5.02. The maximum atomic E-state index is 12.4. The molecule has 2 heterocycles. The predicted octanol–water partition coefficient (Wildman–Crippen LogP) is 3.48. The summed E-state index contributed by atoms with van der Waals surface area (Å²) in [5.74, 6) is 0.696. The van der Waals surface area contributed by atoms with Gasteiger partial charge < -0.3 is 19.1 Å². The predicted molar refractivity (Wildman–Crippen MR) is 107 cm³/mol. The van der Waals surface area contributed by atoms with Gasteiger partial charge in [0.15, 0.2) is 8.03 Å². The van der Waals surface area contributed by atoms with E-state index in [1.54, 1.807) is 0 Å². The van der Waals surface area contributed by atoms with Gasteiger partial charge in [0.05, 0.1) is 24.9 Å². The molecule has 9 atom stereocenters. The molecule has 0 spiro atoms. The van der Waals surface area contributed by atoms with Crippen molar-refractivity contribution in [3.63, 3.8) is 0 Å². The molecule has 0 aromatic rings. The Balaban J connectivity index is 0.00000158. The summed E-state index contributed by atoms with van der Waals surface area (Å²) in [4.78, 5) is 0. The summed E-state index contributed by atoms with van der Waals surface area (Å²) in [5, 5.41) is 10.1. The summed E-state index contributed by atoms with van der Waals surface area (Å²) in [6, 6.07) is -0.302. The van der Waals surface area contributed by atoms with Gasteiger partial charge in [-0.15, -0.1) is 0 Å². The summed E-state index contributed by atoms with van der Waals surface area (Å²) in [5.41, 5.74) is 0. The van der Waals surface area contributed by atoms with E-state index in [2.05, 4.69) is 27.7 Å². The first-order valence-corrected chi connectivity index (χ1v) is 11.6. The largest absolute Gasteiger partial charge is 0.390 e. The van der Waals surface area contributed by atoms with Crippen molar-refractivity contribution < 1.29 is 56.4 Å². The minimum atomic E-state index is -2.22. The zero-order valence-electron chi connectivity index (χ0n) is 18.1. The molecule has 2 fully saturated rings. The van der Waals surface area contributed by atoms with E-state index in [0.29, 0.717) is 12.1 Å². The molecule has 0 bridgehead atoms. The van der Waals surface area contributed by atoms with E-state index in [4.69, 9.17) is 21.8 Å². The maximum Gasteiger partial charge on any atom is 0.192 e. The van der Waals surface area contributed by atoms with Crippen LogP contribution in [0, 0.1) is 23.7 Å². The zero-order valence-corrected chi connectivity index (χ0v) is 21.9. The van der Waals surface area contributed by atoms with E-state index in [-0.39, 0.29) is 75.3 Å². The molecule has 0 aromatic carbocycles. The Kier molecular flexibility index (Phi) is 14.1. The first-order valence-electron chi connectivity index (χ1n) is 10.0. The van der Waals surface area contributed by atoms with Crippen molar-refractivity contribution >= 4 is 15.9 Å². The van der Waals surface area contributed by atoms with Gasteiger partial charge in [0.2, 0.25) is 0 Å². The third kappa shape index (κ3) is 8.12. The van der Waals surface area contributed by atoms with Crippen LogP contribution in [0.5, 0.6) is 0 Å². The SMILES string of the molecule is CCC.[B][C@@H]1O[C@H](C(C)C)[C@H](C[PH](=O)OC[C@H]2O[C@@H](C)C(C)[C@H]2O)C1C.[Y]. The average Bonchev–Trinajstić information content (AvgIpc) is 2.99. The molecule has 0 saturated carbocycles. The Morgan fingerprint density at radius 3 is 2.15 bits per heavy atom. The number of hydrogen-bond acceptors (Lipinski definition) is 5. The minimum Gasteiger partial charge on any atom is -0.390 e. The van der Waals surface area contributed by atoms with Crippen LogP contribution < -0.4 is 0 Å². The van der Waals surface area contributed by atoms with Crippen molar-refractivity contribution in [3.8, 4) is 0 Å². The van der Waals surface area contributed by atoms with E-state index in [0.717, 1.165) is 0 Å². The molecule has 2 rings (SSSR count). The van der Waals surface area contributed by atoms with Gasteiger partial charge in [0.1, 0.15) is 14.0 Å². The Bertz CT molecular complexity index is 442. The van der Waals surface area contributed by atoms with Crippen LogP contribution in [-0.2, 0) is 51.3 Å². The van der Waals surface area contributed by atoms with Crippen LogP contribution in [0.15, 0.2) is 0 Å². The molecule has 3 radical (unpaired) electrons. The molecule has 2 saturated heterocycles. The standard InChI is InChI=1S/C16H30BO5P.C3H8.Y/c1-8(2)15-12(10(4)16(17)22-15)7-23(19)20-6-13-14(18)9(3)11(5)21-13;1-3-2;/h8-16,18,23H,6-7H2,1-5H3;3H2,1-2H3;/t9?,10?,11-,12+,13+,14+,15+,16+;;/m0../s1. The van der Waals surface area contributed by atoms with Gasteiger partial charge in [-0.3, -0.25) is 4.57 Å². The topological polar surface area (TPSA) is 65.0 Å². The van der Waals surface area contributed by atoms with Crippen LogP contribution in [0.4, 0.5) is 0 Å². The number of rotatable bonds is 6. The average molecular weight is 477 g/mol. The summed E-state index contributed by atoms with van der Waals surface area (Å²) in [6.45, 7) is 14.5. The van der Waals surface area contributed by atoms with E-state index >= 15 is 0 Å². The van der Waals surface area contributed by atoms with Crippen LogP contribution in [0.2, 0.25) is 0 Å². The fourth-order valence-electron chi connectivity index (χ4n) is 3.56. The van der Waals surface area contributed by atoms with Crippen LogP contribution >= 0.6 is 8.03 Å². The monoisotopic (exact) mass is 477 g/mol. The third-order valence-electron chi connectivity index (χ3n) is 5.45. The molecular weight excluding hydrogens is 439 g/mol. The number of aliphatic hydroxyl groups is 1. The Morgan fingerprint density at radius 1 is 1.15 bits per heavy atom. The molecule has 155 valence electrons. The molecule has 0 aromatic heterocycles. The van der Waals surface area contributed by atoms with Crippen LogP contribution in [0.25, 0.3) is 0 Å². The van der Waals surface area contributed by atoms with Gasteiger partial charge in [0.25, 0.3) is 0 Å². The van der Waals surface area contributed by atoms with E-state index in [1.807, 2.05) is 20.8 Å². The van der Waals surface area contributed by atoms with Gasteiger partial charge in [0, 0.05) is 50.8 Å². The van der Waals surface area contributed by atoms with Gasteiger partial charge in [-0.25, -0.2) is 0 Å². The smallest absolute Gasteiger partial charge is 0.192 e. The second-order valence-electron chi connectivity index (χ2n) is 8.16. The summed E-state index contributed by atoms with van der Waals surface area (Å²) < 4.78 is 29.4. The molecule has 8 heteroatoms. The first-order chi connectivity index (χ1) is 12.1. The first kappa shape index (κ1) is 28.2. The normalized spacial score (nSPS) is 39.6. The summed E-state index contributed by atoms with van der Waals surface area (Å²) in [6.07, 6.45) is 0.772. The molecule has 27 heavy (non-hydrogen) atoms. The third-order valence-corrected chi connectivity index (χ3v) is 6.74. The van der Waals surface area contributed by atoms with Crippen molar-refractivity contribution in [2.45, 2.75) is 85.3 Å². The Hall–Kier alpha value is 1.24. The number of ether oxygens (including phenoxy) is 2. The fraction of sp³-hybridized carbons (Fsp3) is 1.00. The minimum absolute atomic E-state index is 0. The van der Waals surface area contributed by atoms with Crippen molar-refractivity contribution in [2.24, 2.45) is 23.7 Å². The van der Waals surface area contributed by atoms with E-state index in [1.165, 1.54) is 6.42 Å². The molecule has 3 unspecified atom stereocenters. The molecule has 2 aliphatic rings. The quantitative estimate of drug-likeness (QED) is 0.469. The van der Waals surface area contributed by atoms with E-state index in [9.17, 15) is 9.67 Å². The number of aliphatic hydroxyl groups excluding tert-OH is 1. The molecule has 0 amide bonds. The van der Waals surface area contributed by atoms with Crippen LogP contribution in [-0.4, -0.2) is 56.1 Å². The van der Waals surface area contributed by atoms with Gasteiger partial charge >= 0.3 is 0 Å². The van der Waals surface area contributed by atoms with Crippen molar-refractivity contribution in [1.82, 2.24) is 0 Å². The van der Waals surface area contributed by atoms with Gasteiger partial charge in [-0.05, 0) is 24.7 Å². The van der Waals surface area contributed by atoms with Crippen LogP contribution in [0.3, 0.4) is 0 Å². The Morgan fingerprint density at radius 2 is 1.70 bits per heavy atom. The summed E-state index contributed by atoms with van der Waals surface area (Å²) >= 11 is 0. The second-order valence-corrected chi connectivity index (χ2v) is 9.60. The van der Waals surface area contributed by atoms with Crippen LogP contribution in [0.1, 0.15) is 54.9 Å². The molecule has 1 N–H and O–H groups in total. The van der Waals surface area contributed by atoms with Crippen molar-refractivity contribution in [2.75, 3.05) is 12.8 Å². The van der Waals surface area contributed by atoms with Gasteiger partial charge in [-0.2, -0.15) is 0 Å². The second kappa shape index (κ2) is 13.5. The van der Waals surface area contributed by atoms with E-state index < -0.39 is 20.2 Å². The summed E-state index contributed by atoms with van der Waals surface area (Å²) in [7, 11) is 3.77. The molecule has 5 nitrogen and oxygen atoms in total. The molecular formula is C19H38BO5PY. The molecule has 0 aliphatic carbocycles. The molecule has 2 aliphatic heterocycles.